The molecule has 1 amide bonds. The number of rotatable bonds is 0. The van der Waals surface area contributed by atoms with Crippen molar-refractivity contribution < 1.29 is 9.53 Å². The quantitative estimate of drug-likeness (QED) is 0.597. The molecule has 2 rings (SSSR count). The monoisotopic (exact) mass is 185 g/mol. The standard InChI is InChI=1S/C6H4ClN3O2/c7-6-8-1-3-5(10-6)12-2-4(11)9-3/h1H,2H2,(H,9,11). The normalized spacial score (nSPS) is 14.6. The molecule has 0 saturated heterocycles. The van der Waals surface area contributed by atoms with Crippen molar-refractivity contribution in [1.29, 1.82) is 0 Å². The molecule has 2 heterocycles. The maximum atomic E-state index is 10.8. The Balaban J connectivity index is 2.43. The van der Waals surface area contributed by atoms with Crippen LogP contribution in [0.1, 0.15) is 0 Å². The van der Waals surface area contributed by atoms with E-state index in [1.54, 1.807) is 0 Å². The maximum absolute atomic E-state index is 10.8. The number of aromatic nitrogens is 2. The lowest BCUT2D eigenvalue weighted by Crippen LogP contribution is -2.26. The van der Waals surface area contributed by atoms with Gasteiger partial charge in [-0.3, -0.25) is 4.79 Å². The molecule has 0 aliphatic carbocycles. The molecule has 0 unspecified atom stereocenters. The summed E-state index contributed by atoms with van der Waals surface area (Å²) in [6.45, 7) is -0.0274. The molecule has 0 bridgehead atoms. The third-order valence-electron chi connectivity index (χ3n) is 1.34. The SMILES string of the molecule is O=C1COc2nc(Cl)ncc2N1. The second kappa shape index (κ2) is 2.60. The minimum absolute atomic E-state index is 0.0274. The highest BCUT2D eigenvalue weighted by atomic mass is 35.5. The lowest BCUT2D eigenvalue weighted by molar-refractivity contribution is -0.118. The third kappa shape index (κ3) is 1.18. The van der Waals surface area contributed by atoms with E-state index in [0.717, 1.165) is 0 Å². The lowest BCUT2D eigenvalue weighted by atomic mass is 10.4. The van der Waals surface area contributed by atoms with Crippen LogP contribution >= 0.6 is 11.6 Å². The van der Waals surface area contributed by atoms with Gasteiger partial charge < -0.3 is 10.1 Å². The predicted molar refractivity (Wildman–Crippen MR) is 41.2 cm³/mol. The summed E-state index contributed by atoms with van der Waals surface area (Å²) in [5.41, 5.74) is 0.454. The number of hydrogen-bond acceptors (Lipinski definition) is 4. The Morgan fingerprint density at radius 1 is 1.67 bits per heavy atom. The highest BCUT2D eigenvalue weighted by molar-refractivity contribution is 6.28. The predicted octanol–water partition coefficient (Wildman–Crippen LogP) is 0.461. The minimum atomic E-state index is -0.214. The fourth-order valence-corrected chi connectivity index (χ4v) is 0.987. The first-order valence-corrected chi connectivity index (χ1v) is 3.59. The molecule has 12 heavy (non-hydrogen) atoms. The minimum Gasteiger partial charge on any atom is -0.466 e. The molecule has 1 aromatic heterocycles. The number of halogens is 1. The molecule has 1 aromatic rings. The molecule has 6 heteroatoms. The Morgan fingerprint density at radius 2 is 2.50 bits per heavy atom. The van der Waals surface area contributed by atoms with E-state index in [1.807, 2.05) is 0 Å². The van der Waals surface area contributed by atoms with Crippen LogP contribution in [0.5, 0.6) is 5.88 Å². The maximum Gasteiger partial charge on any atom is 0.262 e. The van der Waals surface area contributed by atoms with E-state index in [-0.39, 0.29) is 17.8 Å². The van der Waals surface area contributed by atoms with E-state index < -0.39 is 0 Å². The van der Waals surface area contributed by atoms with Gasteiger partial charge in [0, 0.05) is 0 Å². The van der Waals surface area contributed by atoms with Crippen LogP contribution in [0.15, 0.2) is 6.20 Å². The van der Waals surface area contributed by atoms with E-state index in [2.05, 4.69) is 15.3 Å². The Hall–Kier alpha value is -1.36. The van der Waals surface area contributed by atoms with Crippen molar-refractivity contribution in [3.63, 3.8) is 0 Å². The Morgan fingerprint density at radius 3 is 3.33 bits per heavy atom. The van der Waals surface area contributed by atoms with Crippen LogP contribution < -0.4 is 10.1 Å². The third-order valence-corrected chi connectivity index (χ3v) is 1.52. The van der Waals surface area contributed by atoms with Gasteiger partial charge in [0.2, 0.25) is 11.2 Å². The van der Waals surface area contributed by atoms with E-state index >= 15 is 0 Å². The van der Waals surface area contributed by atoms with Gasteiger partial charge in [-0.2, -0.15) is 4.98 Å². The van der Waals surface area contributed by atoms with Gasteiger partial charge >= 0.3 is 0 Å². The Labute approximate surface area is 72.7 Å². The second-order valence-corrected chi connectivity index (χ2v) is 2.53. The average Bonchev–Trinajstić information content (AvgIpc) is 2.05. The first kappa shape index (κ1) is 7.30. The molecule has 0 atom stereocenters. The van der Waals surface area contributed by atoms with Gasteiger partial charge in [-0.25, -0.2) is 4.98 Å². The zero-order valence-corrected chi connectivity index (χ0v) is 6.63. The van der Waals surface area contributed by atoms with Crippen LogP contribution in [0.2, 0.25) is 5.28 Å². The molecule has 1 aliphatic heterocycles. The average molecular weight is 186 g/mol. The summed E-state index contributed by atoms with van der Waals surface area (Å²) in [6, 6.07) is 0. The number of nitrogens with zero attached hydrogens (tertiary/aromatic N) is 2. The Bertz CT molecular complexity index is 342. The highest BCUT2D eigenvalue weighted by Gasteiger charge is 2.17. The molecular weight excluding hydrogens is 182 g/mol. The second-order valence-electron chi connectivity index (χ2n) is 2.19. The van der Waals surface area contributed by atoms with Crippen molar-refractivity contribution in [3.05, 3.63) is 11.5 Å². The summed E-state index contributed by atoms with van der Waals surface area (Å²) in [7, 11) is 0. The molecule has 0 aromatic carbocycles. The van der Waals surface area contributed by atoms with Crippen LogP contribution in [-0.2, 0) is 4.79 Å². The zero-order chi connectivity index (χ0) is 8.55. The number of nitrogens with one attached hydrogen (secondary N) is 1. The molecule has 1 aliphatic rings. The molecule has 0 radical (unpaired) electrons. The van der Waals surface area contributed by atoms with E-state index in [0.29, 0.717) is 11.6 Å². The first-order valence-electron chi connectivity index (χ1n) is 3.21. The topological polar surface area (TPSA) is 64.1 Å². The van der Waals surface area contributed by atoms with Gasteiger partial charge in [-0.05, 0) is 11.6 Å². The van der Waals surface area contributed by atoms with Gasteiger partial charge in [0.1, 0.15) is 5.69 Å². The largest absolute Gasteiger partial charge is 0.466 e. The van der Waals surface area contributed by atoms with Crippen LogP contribution in [-0.4, -0.2) is 22.5 Å². The zero-order valence-electron chi connectivity index (χ0n) is 5.87. The van der Waals surface area contributed by atoms with Gasteiger partial charge in [0.15, 0.2) is 6.61 Å². The van der Waals surface area contributed by atoms with Gasteiger partial charge in [-0.15, -0.1) is 0 Å². The van der Waals surface area contributed by atoms with Crippen LogP contribution in [0.3, 0.4) is 0 Å². The fraction of sp³-hybridized carbons (Fsp3) is 0.167. The van der Waals surface area contributed by atoms with Crippen molar-refractivity contribution in [2.45, 2.75) is 0 Å². The number of hydrogen-bond donors (Lipinski definition) is 1. The molecule has 0 spiro atoms. The molecule has 5 nitrogen and oxygen atoms in total. The van der Waals surface area contributed by atoms with Crippen LogP contribution in [0.25, 0.3) is 0 Å². The van der Waals surface area contributed by atoms with Crippen molar-refractivity contribution in [2.75, 3.05) is 11.9 Å². The van der Waals surface area contributed by atoms with Gasteiger partial charge in [0.25, 0.3) is 5.91 Å². The number of ether oxygens (including phenoxy) is 1. The molecule has 1 N–H and O–H groups in total. The van der Waals surface area contributed by atoms with Gasteiger partial charge in [0.05, 0.1) is 6.20 Å². The number of amides is 1. The van der Waals surface area contributed by atoms with E-state index in [4.69, 9.17) is 16.3 Å². The van der Waals surface area contributed by atoms with Crippen molar-refractivity contribution in [2.24, 2.45) is 0 Å². The smallest absolute Gasteiger partial charge is 0.262 e. The number of anilines is 1. The number of fused-ring (bicyclic) bond motifs is 1. The summed E-state index contributed by atoms with van der Waals surface area (Å²) in [6.07, 6.45) is 1.40. The molecule has 62 valence electrons. The number of carbonyl (C=O) groups excluding carboxylic acids is 1. The van der Waals surface area contributed by atoms with Crippen molar-refractivity contribution >= 4 is 23.2 Å². The van der Waals surface area contributed by atoms with E-state index in [1.165, 1.54) is 6.20 Å². The van der Waals surface area contributed by atoms with E-state index in [9.17, 15) is 4.79 Å². The lowest BCUT2D eigenvalue weighted by Gasteiger charge is -2.15. The summed E-state index contributed by atoms with van der Waals surface area (Å²) >= 11 is 5.50. The fourth-order valence-electron chi connectivity index (χ4n) is 0.862. The number of carbonyl (C=O) groups is 1. The summed E-state index contributed by atoms with van der Waals surface area (Å²) in [5.74, 6) is 0.100. The van der Waals surface area contributed by atoms with Crippen molar-refractivity contribution in [1.82, 2.24) is 9.97 Å². The first-order chi connectivity index (χ1) is 5.75. The highest BCUT2D eigenvalue weighted by Crippen LogP contribution is 2.24. The molecule has 0 saturated carbocycles. The van der Waals surface area contributed by atoms with Gasteiger partial charge in [-0.1, -0.05) is 0 Å². The summed E-state index contributed by atoms with van der Waals surface area (Å²) in [4.78, 5) is 18.2. The molecule has 0 fully saturated rings. The van der Waals surface area contributed by atoms with Crippen LogP contribution in [0, 0.1) is 0 Å². The van der Waals surface area contributed by atoms with Crippen LogP contribution in [0.4, 0.5) is 5.69 Å². The Kier molecular flexibility index (Phi) is 1.58. The summed E-state index contributed by atoms with van der Waals surface area (Å²) < 4.78 is 4.97. The summed E-state index contributed by atoms with van der Waals surface area (Å²) in [5, 5.41) is 2.64. The van der Waals surface area contributed by atoms with Crippen molar-refractivity contribution in [3.8, 4) is 5.88 Å². The molecular formula is C6H4ClN3O2.